The van der Waals surface area contributed by atoms with Gasteiger partial charge in [0, 0.05) is 18.9 Å². The molecule has 0 saturated carbocycles. The van der Waals surface area contributed by atoms with Gasteiger partial charge in [0.15, 0.2) is 0 Å². The standard InChI is InChI=1S/C17H21N3O2/c1-20(2)16(13-6-8-15(22-3)9-7-13)12-19-17(21)14-5-4-10-18-11-14/h4-11,16H,12H2,1-3H3,(H,19,21). The van der Waals surface area contributed by atoms with Crippen LogP contribution in [0.5, 0.6) is 5.75 Å². The lowest BCUT2D eigenvalue weighted by molar-refractivity contribution is 0.0941. The molecule has 1 heterocycles. The predicted molar refractivity (Wildman–Crippen MR) is 86.0 cm³/mol. The summed E-state index contributed by atoms with van der Waals surface area (Å²) in [5.41, 5.74) is 1.69. The maximum atomic E-state index is 12.1. The second-order valence-corrected chi connectivity index (χ2v) is 5.20. The van der Waals surface area contributed by atoms with Crippen molar-refractivity contribution in [2.75, 3.05) is 27.7 Å². The monoisotopic (exact) mass is 299 g/mol. The molecule has 116 valence electrons. The van der Waals surface area contributed by atoms with Gasteiger partial charge in [-0.1, -0.05) is 12.1 Å². The fraction of sp³-hybridized carbons (Fsp3) is 0.294. The second-order valence-electron chi connectivity index (χ2n) is 5.20. The number of ether oxygens (including phenoxy) is 1. The van der Waals surface area contributed by atoms with Crippen LogP contribution in [0.1, 0.15) is 22.0 Å². The third-order valence-corrected chi connectivity index (χ3v) is 3.50. The summed E-state index contributed by atoms with van der Waals surface area (Å²) in [7, 11) is 5.63. The topological polar surface area (TPSA) is 54.5 Å². The number of aromatic nitrogens is 1. The number of hydrogen-bond acceptors (Lipinski definition) is 4. The van der Waals surface area contributed by atoms with Crippen molar-refractivity contribution in [3.05, 3.63) is 59.9 Å². The van der Waals surface area contributed by atoms with Gasteiger partial charge in [-0.15, -0.1) is 0 Å². The first-order valence-electron chi connectivity index (χ1n) is 7.10. The minimum absolute atomic E-state index is 0.0894. The summed E-state index contributed by atoms with van der Waals surface area (Å²) in [6, 6.07) is 11.5. The van der Waals surface area contributed by atoms with E-state index >= 15 is 0 Å². The first-order valence-corrected chi connectivity index (χ1v) is 7.10. The zero-order chi connectivity index (χ0) is 15.9. The average molecular weight is 299 g/mol. The van der Waals surface area contributed by atoms with E-state index in [9.17, 15) is 4.79 Å². The Kier molecular flexibility index (Phi) is 5.49. The van der Waals surface area contributed by atoms with Crippen LogP contribution in [0.2, 0.25) is 0 Å². The Balaban J connectivity index is 2.04. The number of pyridine rings is 1. The van der Waals surface area contributed by atoms with Crippen molar-refractivity contribution in [3.8, 4) is 5.75 Å². The highest BCUT2D eigenvalue weighted by Crippen LogP contribution is 2.20. The Morgan fingerprint density at radius 3 is 2.55 bits per heavy atom. The second kappa shape index (κ2) is 7.56. The largest absolute Gasteiger partial charge is 0.497 e. The zero-order valence-corrected chi connectivity index (χ0v) is 13.1. The molecule has 0 bridgehead atoms. The number of rotatable bonds is 6. The molecule has 1 amide bonds. The average Bonchev–Trinajstić information content (AvgIpc) is 2.56. The molecule has 5 nitrogen and oxygen atoms in total. The minimum atomic E-state index is -0.117. The highest BCUT2D eigenvalue weighted by Gasteiger charge is 2.16. The van der Waals surface area contributed by atoms with Gasteiger partial charge < -0.3 is 15.0 Å². The molecule has 0 fully saturated rings. The molecule has 1 aromatic carbocycles. The SMILES string of the molecule is COc1ccc(C(CNC(=O)c2cccnc2)N(C)C)cc1. The molecule has 1 aromatic heterocycles. The van der Waals surface area contributed by atoms with Crippen molar-refractivity contribution in [3.63, 3.8) is 0 Å². The molecule has 2 aromatic rings. The molecule has 2 rings (SSSR count). The van der Waals surface area contributed by atoms with Gasteiger partial charge in [-0.25, -0.2) is 0 Å². The number of carbonyl (C=O) groups is 1. The Morgan fingerprint density at radius 2 is 2.00 bits per heavy atom. The Morgan fingerprint density at radius 1 is 1.27 bits per heavy atom. The van der Waals surface area contributed by atoms with Crippen molar-refractivity contribution < 1.29 is 9.53 Å². The summed E-state index contributed by atoms with van der Waals surface area (Å²) >= 11 is 0. The first-order chi connectivity index (χ1) is 10.6. The van der Waals surface area contributed by atoms with Gasteiger partial charge in [-0.2, -0.15) is 0 Å². The van der Waals surface area contributed by atoms with E-state index in [0.717, 1.165) is 11.3 Å². The van der Waals surface area contributed by atoms with Gasteiger partial charge in [-0.05, 0) is 43.9 Å². The normalized spacial score (nSPS) is 12.0. The molecule has 5 heteroatoms. The van der Waals surface area contributed by atoms with Crippen molar-refractivity contribution in [1.82, 2.24) is 15.2 Å². The lowest BCUT2D eigenvalue weighted by Gasteiger charge is -2.25. The van der Waals surface area contributed by atoms with Crippen molar-refractivity contribution in [2.24, 2.45) is 0 Å². The van der Waals surface area contributed by atoms with E-state index in [-0.39, 0.29) is 11.9 Å². The Bertz CT molecular complexity index is 597. The molecule has 1 atom stereocenters. The van der Waals surface area contributed by atoms with Crippen LogP contribution < -0.4 is 10.1 Å². The lowest BCUT2D eigenvalue weighted by Crippen LogP contribution is -2.34. The number of nitrogens with zero attached hydrogens (tertiary/aromatic N) is 2. The summed E-state index contributed by atoms with van der Waals surface area (Å²) < 4.78 is 5.18. The molecule has 0 saturated heterocycles. The molecule has 0 aliphatic carbocycles. The van der Waals surface area contributed by atoms with Gasteiger partial charge in [0.2, 0.25) is 0 Å². The van der Waals surface area contributed by atoms with E-state index in [1.54, 1.807) is 31.6 Å². The van der Waals surface area contributed by atoms with E-state index in [2.05, 4.69) is 15.2 Å². The van der Waals surface area contributed by atoms with Crippen LogP contribution in [0, 0.1) is 0 Å². The number of likely N-dealkylation sites (N-methyl/N-ethyl adjacent to an activating group) is 1. The van der Waals surface area contributed by atoms with Gasteiger partial charge in [-0.3, -0.25) is 9.78 Å². The number of carbonyl (C=O) groups excluding carboxylic acids is 1. The Labute approximate surface area is 130 Å². The number of nitrogens with one attached hydrogen (secondary N) is 1. The summed E-state index contributed by atoms with van der Waals surface area (Å²) in [4.78, 5) is 18.1. The molecule has 0 aliphatic heterocycles. The van der Waals surface area contributed by atoms with Crippen LogP contribution in [-0.2, 0) is 0 Å². The van der Waals surface area contributed by atoms with Gasteiger partial charge in [0.05, 0.1) is 18.7 Å². The van der Waals surface area contributed by atoms with Crippen LogP contribution in [0.4, 0.5) is 0 Å². The van der Waals surface area contributed by atoms with E-state index < -0.39 is 0 Å². The fourth-order valence-electron chi connectivity index (χ4n) is 2.21. The van der Waals surface area contributed by atoms with E-state index in [0.29, 0.717) is 12.1 Å². The van der Waals surface area contributed by atoms with Crippen LogP contribution in [-0.4, -0.2) is 43.5 Å². The van der Waals surface area contributed by atoms with Crippen molar-refractivity contribution in [2.45, 2.75) is 6.04 Å². The molecule has 0 aliphatic rings. The van der Waals surface area contributed by atoms with E-state index in [4.69, 9.17) is 4.74 Å². The van der Waals surface area contributed by atoms with Gasteiger partial charge >= 0.3 is 0 Å². The van der Waals surface area contributed by atoms with Crippen LogP contribution in [0.25, 0.3) is 0 Å². The molecule has 1 unspecified atom stereocenters. The molecule has 0 radical (unpaired) electrons. The quantitative estimate of drug-likeness (QED) is 0.888. The molecular formula is C17H21N3O2. The van der Waals surface area contributed by atoms with E-state index in [1.807, 2.05) is 38.4 Å². The summed E-state index contributed by atoms with van der Waals surface area (Å²) in [6.07, 6.45) is 3.21. The predicted octanol–water partition coefficient (Wildman–Crippen LogP) is 2.12. The third-order valence-electron chi connectivity index (χ3n) is 3.50. The lowest BCUT2D eigenvalue weighted by atomic mass is 10.1. The summed E-state index contributed by atoms with van der Waals surface area (Å²) in [6.45, 7) is 0.521. The summed E-state index contributed by atoms with van der Waals surface area (Å²) in [5.74, 6) is 0.703. The maximum absolute atomic E-state index is 12.1. The van der Waals surface area contributed by atoms with Crippen LogP contribution >= 0.6 is 0 Å². The highest BCUT2D eigenvalue weighted by atomic mass is 16.5. The first kappa shape index (κ1) is 16.0. The number of hydrogen-bond donors (Lipinski definition) is 1. The Hall–Kier alpha value is -2.40. The van der Waals surface area contributed by atoms with Crippen molar-refractivity contribution in [1.29, 1.82) is 0 Å². The molecular weight excluding hydrogens is 278 g/mol. The molecule has 1 N–H and O–H groups in total. The van der Waals surface area contributed by atoms with Crippen molar-refractivity contribution >= 4 is 5.91 Å². The third kappa shape index (κ3) is 4.05. The van der Waals surface area contributed by atoms with E-state index in [1.165, 1.54) is 0 Å². The van der Waals surface area contributed by atoms with Crippen LogP contribution in [0.15, 0.2) is 48.8 Å². The number of methoxy groups -OCH3 is 1. The zero-order valence-electron chi connectivity index (χ0n) is 13.1. The maximum Gasteiger partial charge on any atom is 0.252 e. The summed E-state index contributed by atoms with van der Waals surface area (Å²) in [5, 5.41) is 2.96. The van der Waals surface area contributed by atoms with Crippen LogP contribution in [0.3, 0.4) is 0 Å². The fourth-order valence-corrected chi connectivity index (χ4v) is 2.21. The highest BCUT2D eigenvalue weighted by molar-refractivity contribution is 5.93. The van der Waals surface area contributed by atoms with Gasteiger partial charge in [0.1, 0.15) is 5.75 Å². The smallest absolute Gasteiger partial charge is 0.252 e. The number of benzene rings is 1. The minimum Gasteiger partial charge on any atom is -0.497 e. The van der Waals surface area contributed by atoms with Gasteiger partial charge in [0.25, 0.3) is 5.91 Å². The number of amides is 1. The molecule has 22 heavy (non-hydrogen) atoms. The molecule has 0 spiro atoms.